The number of hydrogen-bond donors (Lipinski definition) is 0. The van der Waals surface area contributed by atoms with E-state index in [-0.39, 0.29) is 10.4 Å². The molecule has 0 radical (unpaired) electrons. The van der Waals surface area contributed by atoms with Crippen LogP contribution in [-0.4, -0.2) is 0 Å². The van der Waals surface area contributed by atoms with Crippen molar-refractivity contribution in [1.82, 2.24) is 0 Å². The number of rotatable bonds is 3. The van der Waals surface area contributed by atoms with E-state index in [4.69, 9.17) is 0 Å². The van der Waals surface area contributed by atoms with Crippen LogP contribution in [0.15, 0.2) is 42.5 Å². The van der Waals surface area contributed by atoms with Crippen LogP contribution in [0.4, 0.5) is 8.78 Å². The fourth-order valence-corrected chi connectivity index (χ4v) is 2.50. The van der Waals surface area contributed by atoms with Gasteiger partial charge < -0.3 is 0 Å². The average molecular weight is 311 g/mol. The largest absolute Gasteiger partial charge is 0.207 e. The summed E-state index contributed by atoms with van der Waals surface area (Å²) in [5.74, 6) is -0.987. The fourth-order valence-electron chi connectivity index (χ4n) is 1.89. The molecule has 0 aromatic heterocycles. The van der Waals surface area contributed by atoms with Gasteiger partial charge in [-0.25, -0.2) is 8.78 Å². The van der Waals surface area contributed by atoms with Crippen LogP contribution in [-0.2, 0) is 6.42 Å². The van der Waals surface area contributed by atoms with E-state index in [0.29, 0.717) is 6.42 Å². The molecule has 0 spiro atoms. The summed E-state index contributed by atoms with van der Waals surface area (Å²) in [6.07, 6.45) is 0.294. The van der Waals surface area contributed by atoms with Crippen molar-refractivity contribution in [3.8, 4) is 0 Å². The Hall–Kier alpha value is -1.22. The lowest BCUT2D eigenvalue weighted by molar-refractivity contribution is 0.554. The van der Waals surface area contributed by atoms with Crippen LogP contribution in [0.3, 0.4) is 0 Å². The molecular formula is C15H13BrF2. The fraction of sp³-hybridized carbons (Fsp3) is 0.200. The van der Waals surface area contributed by atoms with E-state index in [2.05, 4.69) is 15.9 Å². The maximum atomic E-state index is 13.5. The molecule has 1 unspecified atom stereocenters. The Bertz CT molecular complexity index is 532. The van der Waals surface area contributed by atoms with Gasteiger partial charge in [0.2, 0.25) is 0 Å². The first-order valence-electron chi connectivity index (χ1n) is 5.71. The molecule has 0 aliphatic rings. The SMILES string of the molecule is Cc1cccc(C(Br)Cc2c(F)cccc2F)c1. The van der Waals surface area contributed by atoms with Crippen LogP contribution in [0.5, 0.6) is 0 Å². The van der Waals surface area contributed by atoms with Gasteiger partial charge in [-0.2, -0.15) is 0 Å². The smallest absolute Gasteiger partial charge is 0.129 e. The first-order valence-corrected chi connectivity index (χ1v) is 6.63. The van der Waals surface area contributed by atoms with Crippen LogP contribution in [0.25, 0.3) is 0 Å². The van der Waals surface area contributed by atoms with Gasteiger partial charge in [0.25, 0.3) is 0 Å². The standard InChI is InChI=1S/C15H13BrF2/c1-10-4-2-5-11(8-10)13(16)9-12-14(17)6-3-7-15(12)18/h2-8,13H,9H2,1H3. The van der Waals surface area contributed by atoms with Crippen molar-refractivity contribution in [3.63, 3.8) is 0 Å². The van der Waals surface area contributed by atoms with E-state index in [1.54, 1.807) is 0 Å². The third kappa shape index (κ3) is 2.96. The van der Waals surface area contributed by atoms with Gasteiger partial charge in [-0.3, -0.25) is 0 Å². The lowest BCUT2D eigenvalue weighted by atomic mass is 10.0. The van der Waals surface area contributed by atoms with E-state index in [9.17, 15) is 8.78 Å². The van der Waals surface area contributed by atoms with Gasteiger partial charge in [0.05, 0.1) is 0 Å². The molecule has 2 aromatic rings. The maximum Gasteiger partial charge on any atom is 0.129 e. The molecule has 1 atom stereocenters. The average Bonchev–Trinajstić information content (AvgIpc) is 2.34. The lowest BCUT2D eigenvalue weighted by Gasteiger charge is -2.12. The van der Waals surface area contributed by atoms with Crippen molar-refractivity contribution in [2.75, 3.05) is 0 Å². The highest BCUT2D eigenvalue weighted by Crippen LogP contribution is 2.29. The highest BCUT2D eigenvalue weighted by Gasteiger charge is 2.15. The normalized spacial score (nSPS) is 12.4. The summed E-state index contributed by atoms with van der Waals surface area (Å²) in [6, 6.07) is 11.8. The molecule has 0 nitrogen and oxygen atoms in total. The molecule has 94 valence electrons. The minimum Gasteiger partial charge on any atom is -0.207 e. The monoisotopic (exact) mass is 310 g/mol. The van der Waals surface area contributed by atoms with Gasteiger partial charge in [0.15, 0.2) is 0 Å². The minimum absolute atomic E-state index is 0.0937. The molecule has 0 saturated heterocycles. The molecule has 0 N–H and O–H groups in total. The van der Waals surface area contributed by atoms with Gasteiger partial charge in [-0.1, -0.05) is 51.8 Å². The van der Waals surface area contributed by atoms with Crippen LogP contribution in [0.1, 0.15) is 21.5 Å². The zero-order chi connectivity index (χ0) is 13.1. The first kappa shape index (κ1) is 13.2. The molecule has 0 fully saturated rings. The number of halogens is 3. The molecule has 0 saturated carbocycles. The molecule has 2 rings (SSSR count). The predicted molar refractivity (Wildman–Crippen MR) is 72.9 cm³/mol. The molecule has 0 bridgehead atoms. The second-order valence-electron chi connectivity index (χ2n) is 4.29. The van der Waals surface area contributed by atoms with E-state index in [1.807, 2.05) is 31.2 Å². The highest BCUT2D eigenvalue weighted by atomic mass is 79.9. The van der Waals surface area contributed by atoms with Crippen molar-refractivity contribution in [2.24, 2.45) is 0 Å². The summed E-state index contributed by atoms with van der Waals surface area (Å²) < 4.78 is 27.1. The van der Waals surface area contributed by atoms with Crippen molar-refractivity contribution < 1.29 is 8.78 Å². The summed E-state index contributed by atoms with van der Waals surface area (Å²) >= 11 is 3.49. The Morgan fingerprint density at radius 1 is 1.06 bits per heavy atom. The maximum absolute atomic E-state index is 13.5. The van der Waals surface area contributed by atoms with Crippen LogP contribution in [0, 0.1) is 18.6 Å². The summed E-state index contributed by atoms with van der Waals surface area (Å²) in [5, 5.41) is 0. The number of aryl methyl sites for hydroxylation is 1. The molecule has 2 aromatic carbocycles. The zero-order valence-corrected chi connectivity index (χ0v) is 11.5. The topological polar surface area (TPSA) is 0 Å². The second kappa shape index (κ2) is 5.61. The molecule has 0 heterocycles. The summed E-state index contributed by atoms with van der Waals surface area (Å²) in [4.78, 5) is -0.0937. The number of hydrogen-bond acceptors (Lipinski definition) is 0. The highest BCUT2D eigenvalue weighted by molar-refractivity contribution is 9.09. The molecule has 0 aliphatic heterocycles. The predicted octanol–water partition coefficient (Wildman–Crippen LogP) is 4.95. The summed E-state index contributed by atoms with van der Waals surface area (Å²) in [5.41, 5.74) is 2.28. The van der Waals surface area contributed by atoms with Crippen molar-refractivity contribution in [1.29, 1.82) is 0 Å². The quantitative estimate of drug-likeness (QED) is 0.703. The Balaban J connectivity index is 2.24. The number of benzene rings is 2. The van der Waals surface area contributed by atoms with E-state index in [0.717, 1.165) is 11.1 Å². The Morgan fingerprint density at radius 3 is 2.28 bits per heavy atom. The van der Waals surface area contributed by atoms with Crippen molar-refractivity contribution in [2.45, 2.75) is 18.2 Å². The molecule has 3 heteroatoms. The minimum atomic E-state index is -0.493. The van der Waals surface area contributed by atoms with Gasteiger partial charge in [-0.05, 0) is 31.0 Å². The van der Waals surface area contributed by atoms with E-state index in [1.165, 1.54) is 18.2 Å². The van der Waals surface area contributed by atoms with Gasteiger partial charge in [0, 0.05) is 10.4 Å². The van der Waals surface area contributed by atoms with E-state index >= 15 is 0 Å². The molecule has 0 amide bonds. The third-order valence-electron chi connectivity index (χ3n) is 2.85. The van der Waals surface area contributed by atoms with Crippen molar-refractivity contribution >= 4 is 15.9 Å². The number of alkyl halides is 1. The summed E-state index contributed by atoms with van der Waals surface area (Å²) in [6.45, 7) is 1.99. The third-order valence-corrected chi connectivity index (χ3v) is 3.70. The molecule has 0 aliphatic carbocycles. The van der Waals surface area contributed by atoms with Gasteiger partial charge >= 0.3 is 0 Å². The molecule has 18 heavy (non-hydrogen) atoms. The summed E-state index contributed by atoms with van der Waals surface area (Å²) in [7, 11) is 0. The Morgan fingerprint density at radius 2 is 1.67 bits per heavy atom. The van der Waals surface area contributed by atoms with E-state index < -0.39 is 11.6 Å². The van der Waals surface area contributed by atoms with Crippen LogP contribution in [0.2, 0.25) is 0 Å². The Kier molecular flexibility index (Phi) is 4.12. The van der Waals surface area contributed by atoms with Crippen LogP contribution >= 0.6 is 15.9 Å². The van der Waals surface area contributed by atoms with Gasteiger partial charge in [-0.15, -0.1) is 0 Å². The first-order chi connectivity index (χ1) is 8.58. The van der Waals surface area contributed by atoms with Crippen molar-refractivity contribution in [3.05, 3.63) is 70.8 Å². The van der Waals surface area contributed by atoms with Gasteiger partial charge in [0.1, 0.15) is 11.6 Å². The Labute approximate surface area is 114 Å². The lowest BCUT2D eigenvalue weighted by Crippen LogP contribution is -2.01. The molecular weight excluding hydrogens is 298 g/mol. The second-order valence-corrected chi connectivity index (χ2v) is 5.39. The van der Waals surface area contributed by atoms with Crippen LogP contribution < -0.4 is 0 Å². The zero-order valence-electron chi connectivity index (χ0n) is 9.96.